The lowest BCUT2D eigenvalue weighted by molar-refractivity contribution is -0.137. The number of hydrogen-bond acceptors (Lipinski definition) is 6. The third-order valence-corrected chi connectivity index (χ3v) is 5.02. The zero-order valence-corrected chi connectivity index (χ0v) is 17.9. The molecule has 31 heavy (non-hydrogen) atoms. The van der Waals surface area contributed by atoms with Crippen molar-refractivity contribution in [1.29, 1.82) is 0 Å². The molecule has 0 aliphatic heterocycles. The second-order valence-corrected chi connectivity index (χ2v) is 7.51. The lowest BCUT2D eigenvalue weighted by Gasteiger charge is -2.15. The Kier molecular flexibility index (Phi) is 6.20. The van der Waals surface area contributed by atoms with Gasteiger partial charge in [0.1, 0.15) is 0 Å². The first-order valence-corrected chi connectivity index (χ1v) is 10.3. The van der Waals surface area contributed by atoms with Crippen LogP contribution in [0.25, 0.3) is 5.78 Å². The molecule has 3 aromatic rings. The molecule has 8 nitrogen and oxygen atoms in total. The minimum Gasteiger partial charge on any atom is -0.325 e. The van der Waals surface area contributed by atoms with Gasteiger partial charge in [-0.15, -0.1) is 5.10 Å². The Balaban J connectivity index is 1.92. The van der Waals surface area contributed by atoms with Gasteiger partial charge in [0.2, 0.25) is 17.0 Å². The van der Waals surface area contributed by atoms with E-state index in [1.54, 1.807) is 13.8 Å². The summed E-state index contributed by atoms with van der Waals surface area (Å²) in [5, 5.41) is 9.72. The van der Waals surface area contributed by atoms with E-state index in [9.17, 15) is 22.8 Å². The van der Waals surface area contributed by atoms with Gasteiger partial charge in [-0.05, 0) is 38.3 Å². The summed E-state index contributed by atoms with van der Waals surface area (Å²) in [6.45, 7) is 4.70. The van der Waals surface area contributed by atoms with E-state index in [2.05, 4.69) is 25.7 Å². The zero-order chi connectivity index (χ0) is 22.9. The number of fused-ring (bicyclic) bond motifs is 1. The van der Waals surface area contributed by atoms with E-state index in [-0.39, 0.29) is 17.8 Å². The second kappa shape index (κ2) is 8.53. The minimum atomic E-state index is -4.60. The Morgan fingerprint density at radius 1 is 1.13 bits per heavy atom. The van der Waals surface area contributed by atoms with Crippen LogP contribution in [0, 0.1) is 13.8 Å². The molecule has 0 saturated carbocycles. The molecule has 0 spiro atoms. The molecule has 0 radical (unpaired) electrons. The lowest BCUT2D eigenvalue weighted by Crippen LogP contribution is -2.20. The van der Waals surface area contributed by atoms with Crippen molar-refractivity contribution in [2.24, 2.45) is 0 Å². The molecule has 1 aromatic carbocycles. The molecule has 2 aromatic heterocycles. The van der Waals surface area contributed by atoms with E-state index >= 15 is 0 Å². The van der Waals surface area contributed by atoms with Gasteiger partial charge in [-0.3, -0.25) is 9.59 Å². The Hall–Kier alpha value is -3.15. The predicted molar refractivity (Wildman–Crippen MR) is 110 cm³/mol. The van der Waals surface area contributed by atoms with Crippen molar-refractivity contribution in [3.8, 4) is 0 Å². The molecule has 0 aliphatic rings. The van der Waals surface area contributed by atoms with Crippen LogP contribution < -0.4 is 10.6 Å². The molecule has 2 heterocycles. The highest BCUT2D eigenvalue weighted by atomic mass is 32.2. The van der Waals surface area contributed by atoms with E-state index in [4.69, 9.17) is 0 Å². The lowest BCUT2D eigenvalue weighted by atomic mass is 10.1. The topological polar surface area (TPSA) is 101 Å². The number of aromatic nitrogens is 4. The molecule has 0 unspecified atom stereocenters. The average Bonchev–Trinajstić information content (AvgIpc) is 3.08. The molecule has 164 valence electrons. The molecule has 12 heteroatoms. The van der Waals surface area contributed by atoms with Crippen LogP contribution in [0.1, 0.15) is 29.4 Å². The number of amides is 2. The highest BCUT2D eigenvalue weighted by molar-refractivity contribution is 7.98. The van der Waals surface area contributed by atoms with Crippen molar-refractivity contribution in [3.63, 3.8) is 0 Å². The first-order valence-electron chi connectivity index (χ1n) is 9.05. The van der Waals surface area contributed by atoms with Crippen molar-refractivity contribution in [1.82, 2.24) is 19.6 Å². The van der Waals surface area contributed by atoms with Gasteiger partial charge in [0.05, 0.1) is 23.4 Å². The number of hydrogen-bond donors (Lipinski definition) is 2. The van der Waals surface area contributed by atoms with Crippen LogP contribution in [0.2, 0.25) is 0 Å². The van der Waals surface area contributed by atoms with Crippen LogP contribution in [0.5, 0.6) is 0 Å². The number of nitrogens with one attached hydrogen (secondary N) is 2. The molecule has 2 N–H and O–H groups in total. The number of anilines is 2. The normalized spacial score (nSPS) is 11.6. The zero-order valence-electron chi connectivity index (χ0n) is 17.1. The standard InChI is InChI=1S/C19H19F3N6O2S/c1-9-13(10(2)28-17(23-9)26-18(27-28)31-4)8-16(30)25-15-7-12(19(20,21)22)5-6-14(15)24-11(3)29/h5-7H,8H2,1-4H3,(H,24,29)(H,25,30). The summed E-state index contributed by atoms with van der Waals surface area (Å²) in [6.07, 6.45) is -2.92. The Morgan fingerprint density at radius 3 is 2.45 bits per heavy atom. The van der Waals surface area contributed by atoms with Gasteiger partial charge in [0.15, 0.2) is 0 Å². The van der Waals surface area contributed by atoms with E-state index in [1.165, 1.54) is 23.2 Å². The first kappa shape index (κ1) is 22.5. The molecule has 0 fully saturated rings. The molecule has 0 saturated heterocycles. The quantitative estimate of drug-likeness (QED) is 0.574. The van der Waals surface area contributed by atoms with Crippen molar-refractivity contribution in [3.05, 3.63) is 40.7 Å². The predicted octanol–water partition coefficient (Wildman–Crippen LogP) is 3.62. The summed E-state index contributed by atoms with van der Waals surface area (Å²) < 4.78 is 40.8. The van der Waals surface area contributed by atoms with Gasteiger partial charge in [-0.25, -0.2) is 9.50 Å². The monoisotopic (exact) mass is 452 g/mol. The summed E-state index contributed by atoms with van der Waals surface area (Å²) in [7, 11) is 0. The van der Waals surface area contributed by atoms with E-state index in [0.717, 1.165) is 18.2 Å². The molecule has 2 amide bonds. The molecule has 0 bridgehead atoms. The summed E-state index contributed by atoms with van der Waals surface area (Å²) >= 11 is 1.35. The van der Waals surface area contributed by atoms with Gasteiger partial charge < -0.3 is 10.6 Å². The third-order valence-electron chi connectivity index (χ3n) is 4.48. The van der Waals surface area contributed by atoms with Crippen LogP contribution in [-0.2, 0) is 22.2 Å². The molecular weight excluding hydrogens is 433 g/mol. The maximum atomic E-state index is 13.1. The van der Waals surface area contributed by atoms with Gasteiger partial charge in [-0.1, -0.05) is 11.8 Å². The highest BCUT2D eigenvalue weighted by Crippen LogP contribution is 2.34. The molecule has 0 aliphatic carbocycles. The Bertz CT molecular complexity index is 1180. The van der Waals surface area contributed by atoms with Gasteiger partial charge in [-0.2, -0.15) is 18.2 Å². The molecule has 0 atom stereocenters. The second-order valence-electron chi connectivity index (χ2n) is 6.74. The fraction of sp³-hybridized carbons (Fsp3) is 0.316. The number of carbonyl (C=O) groups is 2. The number of halogens is 3. The number of thioether (sulfide) groups is 1. The van der Waals surface area contributed by atoms with Crippen molar-refractivity contribution in [2.45, 2.75) is 38.5 Å². The van der Waals surface area contributed by atoms with Crippen LogP contribution in [0.15, 0.2) is 23.4 Å². The molecular formula is C19H19F3N6O2S. The highest BCUT2D eigenvalue weighted by Gasteiger charge is 2.31. The van der Waals surface area contributed by atoms with Crippen LogP contribution in [0.4, 0.5) is 24.5 Å². The molecule has 3 rings (SSSR count). The number of rotatable bonds is 5. The Labute approximate surface area is 179 Å². The van der Waals surface area contributed by atoms with Gasteiger partial charge in [0, 0.05) is 23.9 Å². The fourth-order valence-electron chi connectivity index (χ4n) is 3.01. The fourth-order valence-corrected chi connectivity index (χ4v) is 3.35. The van der Waals surface area contributed by atoms with E-state index in [1.807, 2.05) is 6.26 Å². The first-order chi connectivity index (χ1) is 14.5. The van der Waals surface area contributed by atoms with Crippen molar-refractivity contribution >= 4 is 40.7 Å². The maximum Gasteiger partial charge on any atom is 0.416 e. The number of nitrogens with zero attached hydrogens (tertiary/aromatic N) is 4. The number of aryl methyl sites for hydroxylation is 2. The minimum absolute atomic E-state index is 0.0664. The SMILES string of the molecule is CSc1nc2nc(C)c(CC(=O)Nc3cc(C(F)(F)F)ccc3NC(C)=O)c(C)n2n1. The summed E-state index contributed by atoms with van der Waals surface area (Å²) in [4.78, 5) is 32.7. The van der Waals surface area contributed by atoms with Crippen LogP contribution in [-0.4, -0.2) is 37.7 Å². The van der Waals surface area contributed by atoms with E-state index < -0.39 is 23.6 Å². The Morgan fingerprint density at radius 2 is 1.84 bits per heavy atom. The third kappa shape index (κ3) is 4.95. The maximum absolute atomic E-state index is 13.1. The van der Waals surface area contributed by atoms with Crippen molar-refractivity contribution in [2.75, 3.05) is 16.9 Å². The summed E-state index contributed by atoms with van der Waals surface area (Å²) in [5.41, 5.74) is 0.764. The summed E-state index contributed by atoms with van der Waals surface area (Å²) in [5.74, 6) is -0.648. The van der Waals surface area contributed by atoms with Crippen molar-refractivity contribution < 1.29 is 22.8 Å². The number of benzene rings is 1. The van der Waals surface area contributed by atoms with E-state index in [0.29, 0.717) is 27.9 Å². The largest absolute Gasteiger partial charge is 0.416 e. The smallest absolute Gasteiger partial charge is 0.325 e. The number of carbonyl (C=O) groups excluding carboxylic acids is 2. The van der Waals surface area contributed by atoms with Crippen LogP contribution in [0.3, 0.4) is 0 Å². The van der Waals surface area contributed by atoms with Gasteiger partial charge >= 0.3 is 6.18 Å². The van der Waals surface area contributed by atoms with Crippen LogP contribution >= 0.6 is 11.8 Å². The average molecular weight is 452 g/mol. The number of alkyl halides is 3. The van der Waals surface area contributed by atoms with Gasteiger partial charge in [0.25, 0.3) is 5.78 Å². The summed E-state index contributed by atoms with van der Waals surface area (Å²) in [6, 6.07) is 2.72.